The highest BCUT2D eigenvalue weighted by Gasteiger charge is 2.36. The molecule has 2 fully saturated rings. The van der Waals surface area contributed by atoms with Gasteiger partial charge in [-0.3, -0.25) is 4.79 Å². The predicted octanol–water partition coefficient (Wildman–Crippen LogP) is 2.66. The van der Waals surface area contributed by atoms with Crippen LogP contribution in [-0.2, 0) is 0 Å². The first-order chi connectivity index (χ1) is 10.3. The molecule has 2 saturated heterocycles. The van der Waals surface area contributed by atoms with Gasteiger partial charge in [-0.2, -0.15) is 0 Å². The lowest BCUT2D eigenvalue weighted by Crippen LogP contribution is -2.41. The van der Waals surface area contributed by atoms with Crippen molar-refractivity contribution >= 4 is 16.7 Å². The average molecular weight is 280 g/mol. The molecule has 1 amide bonds. The standard InChI is InChI=1S/C18H20N2O/c21-18(20-11-16-6-3-9-19-17(16)12-20)15-8-7-13-4-1-2-5-14(13)10-15/h1-2,4-5,7-8,10,16-17,19H,3,6,9,11-12H2/t16-,17+/m0/s1. The molecular formula is C18H20N2O. The Morgan fingerprint density at radius 2 is 1.95 bits per heavy atom. The van der Waals surface area contributed by atoms with Gasteiger partial charge in [-0.15, -0.1) is 0 Å². The molecule has 2 aromatic rings. The van der Waals surface area contributed by atoms with Gasteiger partial charge in [0.2, 0.25) is 0 Å². The number of benzene rings is 2. The Morgan fingerprint density at radius 3 is 2.81 bits per heavy atom. The van der Waals surface area contributed by atoms with Crippen LogP contribution in [0, 0.1) is 5.92 Å². The number of carbonyl (C=O) groups is 1. The van der Waals surface area contributed by atoms with E-state index in [0.29, 0.717) is 12.0 Å². The maximum atomic E-state index is 12.7. The molecule has 0 aromatic heterocycles. The van der Waals surface area contributed by atoms with Crippen molar-refractivity contribution in [2.45, 2.75) is 18.9 Å². The minimum atomic E-state index is 0.178. The number of amides is 1. The normalized spacial score (nSPS) is 25.0. The van der Waals surface area contributed by atoms with Crippen LogP contribution in [0.15, 0.2) is 42.5 Å². The van der Waals surface area contributed by atoms with E-state index in [-0.39, 0.29) is 5.91 Å². The monoisotopic (exact) mass is 280 g/mol. The van der Waals surface area contributed by atoms with Crippen molar-refractivity contribution in [1.82, 2.24) is 10.2 Å². The first-order valence-electron chi connectivity index (χ1n) is 7.83. The fourth-order valence-electron chi connectivity index (χ4n) is 3.72. The summed E-state index contributed by atoms with van der Waals surface area (Å²) in [6.07, 6.45) is 2.48. The van der Waals surface area contributed by atoms with E-state index in [1.54, 1.807) is 0 Å². The Balaban J connectivity index is 1.58. The highest BCUT2D eigenvalue weighted by Crippen LogP contribution is 2.26. The van der Waals surface area contributed by atoms with Crippen LogP contribution in [0.4, 0.5) is 0 Å². The van der Waals surface area contributed by atoms with Crippen molar-refractivity contribution in [1.29, 1.82) is 0 Å². The summed E-state index contributed by atoms with van der Waals surface area (Å²) in [4.78, 5) is 14.8. The van der Waals surface area contributed by atoms with E-state index in [2.05, 4.69) is 17.4 Å². The summed E-state index contributed by atoms with van der Waals surface area (Å²) in [5, 5.41) is 5.88. The lowest BCUT2D eigenvalue weighted by molar-refractivity contribution is 0.0786. The van der Waals surface area contributed by atoms with Crippen LogP contribution < -0.4 is 5.32 Å². The van der Waals surface area contributed by atoms with Gasteiger partial charge in [0.1, 0.15) is 0 Å². The van der Waals surface area contributed by atoms with E-state index < -0.39 is 0 Å². The summed E-state index contributed by atoms with van der Waals surface area (Å²) in [5.74, 6) is 0.820. The van der Waals surface area contributed by atoms with E-state index in [4.69, 9.17) is 0 Å². The third kappa shape index (κ3) is 2.32. The van der Waals surface area contributed by atoms with E-state index in [9.17, 15) is 4.79 Å². The zero-order valence-corrected chi connectivity index (χ0v) is 12.1. The Kier molecular flexibility index (Phi) is 3.15. The van der Waals surface area contributed by atoms with Gasteiger partial charge in [0, 0.05) is 24.7 Å². The van der Waals surface area contributed by atoms with Crippen LogP contribution in [-0.4, -0.2) is 36.5 Å². The molecule has 0 aliphatic carbocycles. The van der Waals surface area contributed by atoms with Crippen LogP contribution in [0.1, 0.15) is 23.2 Å². The molecule has 4 rings (SSSR count). The SMILES string of the molecule is O=C(c1ccc2ccccc2c1)N1C[C@@H]2CCCN[C@@H]2C1. The zero-order valence-electron chi connectivity index (χ0n) is 12.1. The van der Waals surface area contributed by atoms with Gasteiger partial charge in [0.25, 0.3) is 5.91 Å². The summed E-state index contributed by atoms with van der Waals surface area (Å²) < 4.78 is 0. The van der Waals surface area contributed by atoms with Crippen molar-refractivity contribution in [3.8, 4) is 0 Å². The number of hydrogen-bond acceptors (Lipinski definition) is 2. The van der Waals surface area contributed by atoms with Crippen molar-refractivity contribution in [3.63, 3.8) is 0 Å². The first-order valence-corrected chi connectivity index (χ1v) is 7.83. The summed E-state index contributed by atoms with van der Waals surface area (Å²) in [6, 6.07) is 14.7. The fourth-order valence-corrected chi connectivity index (χ4v) is 3.72. The van der Waals surface area contributed by atoms with E-state index in [0.717, 1.165) is 30.6 Å². The minimum absolute atomic E-state index is 0.178. The van der Waals surface area contributed by atoms with Crippen LogP contribution >= 0.6 is 0 Å². The molecule has 0 bridgehead atoms. The van der Waals surface area contributed by atoms with E-state index in [1.165, 1.54) is 18.2 Å². The molecule has 2 atom stereocenters. The van der Waals surface area contributed by atoms with Crippen LogP contribution in [0.5, 0.6) is 0 Å². The predicted molar refractivity (Wildman–Crippen MR) is 84.4 cm³/mol. The van der Waals surface area contributed by atoms with E-state index >= 15 is 0 Å². The number of fused-ring (bicyclic) bond motifs is 2. The highest BCUT2D eigenvalue weighted by molar-refractivity contribution is 5.98. The van der Waals surface area contributed by atoms with Gasteiger partial charge in [-0.25, -0.2) is 0 Å². The van der Waals surface area contributed by atoms with Crippen LogP contribution in [0.2, 0.25) is 0 Å². The molecular weight excluding hydrogens is 260 g/mol. The number of nitrogens with zero attached hydrogens (tertiary/aromatic N) is 1. The molecule has 2 aliphatic heterocycles. The molecule has 0 unspecified atom stereocenters. The summed E-state index contributed by atoms with van der Waals surface area (Å²) in [7, 11) is 0. The quantitative estimate of drug-likeness (QED) is 0.871. The van der Waals surface area contributed by atoms with Gasteiger partial charge in [-0.05, 0) is 48.2 Å². The molecule has 0 saturated carbocycles. The van der Waals surface area contributed by atoms with Crippen molar-refractivity contribution in [2.24, 2.45) is 5.92 Å². The third-order valence-corrected chi connectivity index (χ3v) is 4.88. The number of carbonyl (C=O) groups excluding carboxylic acids is 1. The van der Waals surface area contributed by atoms with Gasteiger partial charge in [-0.1, -0.05) is 30.3 Å². The van der Waals surface area contributed by atoms with Crippen molar-refractivity contribution < 1.29 is 4.79 Å². The Labute approximate surface area is 124 Å². The Morgan fingerprint density at radius 1 is 1.10 bits per heavy atom. The van der Waals surface area contributed by atoms with Crippen molar-refractivity contribution in [3.05, 3.63) is 48.0 Å². The lowest BCUT2D eigenvalue weighted by atomic mass is 9.94. The smallest absolute Gasteiger partial charge is 0.253 e. The molecule has 3 heteroatoms. The van der Waals surface area contributed by atoms with Gasteiger partial charge in [0.05, 0.1) is 0 Å². The summed E-state index contributed by atoms with van der Waals surface area (Å²) >= 11 is 0. The zero-order chi connectivity index (χ0) is 14.2. The molecule has 108 valence electrons. The Hall–Kier alpha value is -1.87. The fraction of sp³-hybridized carbons (Fsp3) is 0.389. The lowest BCUT2D eigenvalue weighted by Gasteiger charge is -2.24. The second-order valence-corrected chi connectivity index (χ2v) is 6.23. The third-order valence-electron chi connectivity index (χ3n) is 4.88. The van der Waals surface area contributed by atoms with E-state index in [1.807, 2.05) is 35.2 Å². The second-order valence-electron chi connectivity index (χ2n) is 6.23. The van der Waals surface area contributed by atoms with Crippen molar-refractivity contribution in [2.75, 3.05) is 19.6 Å². The number of likely N-dealkylation sites (tertiary alicyclic amines) is 1. The molecule has 0 radical (unpaired) electrons. The molecule has 2 heterocycles. The minimum Gasteiger partial charge on any atom is -0.337 e. The maximum absolute atomic E-state index is 12.7. The second kappa shape index (κ2) is 5.15. The number of nitrogens with one attached hydrogen (secondary N) is 1. The van der Waals surface area contributed by atoms with Gasteiger partial charge >= 0.3 is 0 Å². The molecule has 21 heavy (non-hydrogen) atoms. The molecule has 2 aromatic carbocycles. The maximum Gasteiger partial charge on any atom is 0.253 e. The average Bonchev–Trinajstić information content (AvgIpc) is 2.97. The number of rotatable bonds is 1. The summed E-state index contributed by atoms with van der Waals surface area (Å²) in [6.45, 7) is 2.86. The first kappa shape index (κ1) is 12.8. The Bertz CT molecular complexity index is 668. The highest BCUT2D eigenvalue weighted by atomic mass is 16.2. The van der Waals surface area contributed by atoms with Gasteiger partial charge in [0.15, 0.2) is 0 Å². The van der Waals surface area contributed by atoms with Gasteiger partial charge < -0.3 is 10.2 Å². The number of hydrogen-bond donors (Lipinski definition) is 1. The molecule has 0 spiro atoms. The molecule has 1 N–H and O–H groups in total. The van der Waals surface area contributed by atoms with Crippen LogP contribution in [0.25, 0.3) is 10.8 Å². The summed E-state index contributed by atoms with van der Waals surface area (Å²) in [5.41, 5.74) is 0.812. The molecule has 2 aliphatic rings. The largest absolute Gasteiger partial charge is 0.337 e. The molecule has 3 nitrogen and oxygen atoms in total. The van der Waals surface area contributed by atoms with Crippen LogP contribution in [0.3, 0.4) is 0 Å². The topological polar surface area (TPSA) is 32.3 Å². The number of piperidine rings is 1.